The number of anilines is 2. The van der Waals surface area contributed by atoms with Crippen molar-refractivity contribution >= 4 is 23.2 Å². The van der Waals surface area contributed by atoms with E-state index in [1.54, 1.807) is 38.2 Å². The lowest BCUT2D eigenvalue weighted by atomic mass is 10.1. The number of nitrogen functional groups attached to an aromatic ring is 1. The minimum Gasteiger partial charge on any atom is -0.398 e. The van der Waals surface area contributed by atoms with Crippen molar-refractivity contribution in [2.45, 2.75) is 13.5 Å². The highest BCUT2D eigenvalue weighted by molar-refractivity contribution is 6.07. The minimum atomic E-state index is -0.472. The minimum absolute atomic E-state index is 0.0521. The normalized spacial score (nSPS) is 10.5. The van der Waals surface area contributed by atoms with Crippen LogP contribution < -0.4 is 21.9 Å². The molecular weight excluding hydrogens is 387 g/mol. The molecular formula is C22H21FN4O3. The summed E-state index contributed by atoms with van der Waals surface area (Å²) in [5.74, 6) is -1.25. The lowest BCUT2D eigenvalue weighted by molar-refractivity contribution is 0.0949. The Bertz CT molecular complexity index is 1190. The van der Waals surface area contributed by atoms with Crippen LogP contribution in [0.25, 0.3) is 0 Å². The number of benzene rings is 2. The van der Waals surface area contributed by atoms with Gasteiger partial charge < -0.3 is 20.9 Å². The van der Waals surface area contributed by atoms with Crippen molar-refractivity contribution in [1.82, 2.24) is 9.88 Å². The Morgan fingerprint density at radius 2 is 1.87 bits per heavy atom. The van der Waals surface area contributed by atoms with Gasteiger partial charge in [-0.25, -0.2) is 4.39 Å². The molecule has 0 fully saturated rings. The number of hydrogen-bond donors (Lipinski definition) is 3. The molecule has 0 aliphatic rings. The third-order valence-electron chi connectivity index (χ3n) is 4.56. The molecule has 0 bridgehead atoms. The molecule has 8 heteroatoms. The first-order valence-corrected chi connectivity index (χ1v) is 9.15. The Labute approximate surface area is 172 Å². The van der Waals surface area contributed by atoms with Crippen LogP contribution in [-0.4, -0.2) is 16.4 Å². The number of amides is 2. The molecule has 7 nitrogen and oxygen atoms in total. The number of aryl methyl sites for hydroxylation is 2. The highest BCUT2D eigenvalue weighted by Gasteiger charge is 2.13. The summed E-state index contributed by atoms with van der Waals surface area (Å²) in [6, 6.07) is 12.3. The number of aromatic nitrogens is 1. The second-order valence-corrected chi connectivity index (χ2v) is 6.89. The molecule has 30 heavy (non-hydrogen) atoms. The molecule has 0 radical (unpaired) electrons. The van der Waals surface area contributed by atoms with Crippen molar-refractivity contribution in [3.8, 4) is 0 Å². The Kier molecular flexibility index (Phi) is 5.96. The van der Waals surface area contributed by atoms with Crippen molar-refractivity contribution in [1.29, 1.82) is 0 Å². The smallest absolute Gasteiger partial charge is 0.257 e. The number of nitrogens with zero attached hydrogens (tertiary/aromatic N) is 1. The molecule has 0 unspecified atom stereocenters. The number of nitrogens with one attached hydrogen (secondary N) is 2. The Morgan fingerprint density at radius 1 is 1.10 bits per heavy atom. The molecule has 0 aliphatic heterocycles. The second kappa shape index (κ2) is 8.60. The maximum absolute atomic E-state index is 13.6. The maximum Gasteiger partial charge on any atom is 0.257 e. The monoisotopic (exact) mass is 408 g/mol. The van der Waals surface area contributed by atoms with Gasteiger partial charge in [0.05, 0.1) is 11.1 Å². The highest BCUT2D eigenvalue weighted by atomic mass is 19.1. The molecule has 0 aliphatic carbocycles. The topological polar surface area (TPSA) is 106 Å². The number of nitrogens with two attached hydrogens (primary N) is 1. The molecule has 1 heterocycles. The van der Waals surface area contributed by atoms with Gasteiger partial charge >= 0.3 is 0 Å². The van der Waals surface area contributed by atoms with Crippen LogP contribution in [-0.2, 0) is 13.6 Å². The first-order chi connectivity index (χ1) is 14.2. The average molecular weight is 408 g/mol. The first-order valence-electron chi connectivity index (χ1n) is 9.15. The van der Waals surface area contributed by atoms with E-state index < -0.39 is 11.7 Å². The first kappa shape index (κ1) is 20.8. The average Bonchev–Trinajstić information content (AvgIpc) is 2.71. The zero-order chi connectivity index (χ0) is 21.8. The zero-order valence-electron chi connectivity index (χ0n) is 16.5. The zero-order valence-corrected chi connectivity index (χ0v) is 16.5. The van der Waals surface area contributed by atoms with E-state index in [0.29, 0.717) is 16.8 Å². The van der Waals surface area contributed by atoms with Gasteiger partial charge in [0.25, 0.3) is 11.8 Å². The van der Waals surface area contributed by atoms with Gasteiger partial charge in [-0.15, -0.1) is 0 Å². The molecule has 3 aromatic rings. The number of halogens is 1. The van der Waals surface area contributed by atoms with E-state index in [9.17, 15) is 18.8 Å². The van der Waals surface area contributed by atoms with Crippen LogP contribution in [0.4, 0.5) is 15.8 Å². The van der Waals surface area contributed by atoms with Gasteiger partial charge in [0.1, 0.15) is 5.82 Å². The molecule has 1 aromatic heterocycles. The molecule has 4 N–H and O–H groups in total. The quantitative estimate of drug-likeness (QED) is 0.564. The molecule has 0 saturated heterocycles. The van der Waals surface area contributed by atoms with Gasteiger partial charge in [0.15, 0.2) is 0 Å². The Morgan fingerprint density at radius 3 is 2.60 bits per heavy atom. The van der Waals surface area contributed by atoms with Gasteiger partial charge in [-0.3, -0.25) is 14.4 Å². The van der Waals surface area contributed by atoms with Crippen LogP contribution in [0.15, 0.2) is 59.5 Å². The molecule has 2 aromatic carbocycles. The summed E-state index contributed by atoms with van der Waals surface area (Å²) in [7, 11) is 1.57. The number of pyridine rings is 1. The van der Waals surface area contributed by atoms with Crippen LogP contribution in [0.1, 0.15) is 31.8 Å². The third-order valence-corrected chi connectivity index (χ3v) is 4.56. The van der Waals surface area contributed by atoms with E-state index in [2.05, 4.69) is 10.6 Å². The third kappa shape index (κ3) is 4.72. The summed E-state index contributed by atoms with van der Waals surface area (Å²) in [6.45, 7) is 1.78. The SMILES string of the molecule is Cc1cc(C(=O)Nc2cccc(CNC(=O)c3ccc(=O)n(C)c3)c2)c(N)cc1F. The molecule has 3 rings (SSSR count). The van der Waals surface area contributed by atoms with Gasteiger partial charge in [0, 0.05) is 37.2 Å². The van der Waals surface area contributed by atoms with Crippen molar-refractivity contribution in [3.63, 3.8) is 0 Å². The maximum atomic E-state index is 13.6. The van der Waals surface area contributed by atoms with E-state index in [1.807, 2.05) is 0 Å². The summed E-state index contributed by atoms with van der Waals surface area (Å²) < 4.78 is 14.9. The molecule has 0 saturated carbocycles. The fraction of sp³-hybridized carbons (Fsp3) is 0.136. The predicted octanol–water partition coefficient (Wildman–Crippen LogP) is 2.60. The van der Waals surface area contributed by atoms with E-state index in [4.69, 9.17) is 5.73 Å². The van der Waals surface area contributed by atoms with Crippen molar-refractivity contribution in [2.75, 3.05) is 11.1 Å². The second-order valence-electron chi connectivity index (χ2n) is 6.89. The highest BCUT2D eigenvalue weighted by Crippen LogP contribution is 2.20. The van der Waals surface area contributed by atoms with Crippen molar-refractivity contribution in [2.24, 2.45) is 7.05 Å². The van der Waals surface area contributed by atoms with Crippen LogP contribution in [0.5, 0.6) is 0 Å². The summed E-state index contributed by atoms with van der Waals surface area (Å²) in [5, 5.41) is 5.50. The van der Waals surface area contributed by atoms with Crippen LogP contribution in [0.3, 0.4) is 0 Å². The van der Waals surface area contributed by atoms with E-state index in [0.717, 1.165) is 11.6 Å². The summed E-state index contributed by atoms with van der Waals surface area (Å²) >= 11 is 0. The number of hydrogen-bond acceptors (Lipinski definition) is 4. The van der Waals surface area contributed by atoms with Crippen LogP contribution in [0, 0.1) is 12.7 Å². The van der Waals surface area contributed by atoms with Crippen LogP contribution >= 0.6 is 0 Å². The van der Waals surface area contributed by atoms with Gasteiger partial charge in [0.2, 0.25) is 5.56 Å². The molecule has 0 spiro atoms. The Hall–Kier alpha value is -3.94. The largest absolute Gasteiger partial charge is 0.398 e. The summed E-state index contributed by atoms with van der Waals surface area (Å²) in [4.78, 5) is 36.2. The summed E-state index contributed by atoms with van der Waals surface area (Å²) in [5.41, 5.74) is 7.75. The van der Waals surface area contributed by atoms with Gasteiger partial charge in [-0.1, -0.05) is 12.1 Å². The van der Waals surface area contributed by atoms with E-state index in [-0.39, 0.29) is 29.3 Å². The molecule has 2 amide bonds. The number of rotatable bonds is 5. The number of carbonyl (C=O) groups is 2. The summed E-state index contributed by atoms with van der Waals surface area (Å²) in [6.07, 6.45) is 1.46. The molecule has 0 atom stereocenters. The van der Waals surface area contributed by atoms with E-state index in [1.165, 1.54) is 29.0 Å². The van der Waals surface area contributed by atoms with Crippen LogP contribution in [0.2, 0.25) is 0 Å². The lowest BCUT2D eigenvalue weighted by Gasteiger charge is -2.11. The fourth-order valence-electron chi connectivity index (χ4n) is 2.86. The van der Waals surface area contributed by atoms with Crippen molar-refractivity contribution < 1.29 is 14.0 Å². The fourth-order valence-corrected chi connectivity index (χ4v) is 2.86. The lowest BCUT2D eigenvalue weighted by Crippen LogP contribution is -2.25. The molecule has 154 valence electrons. The number of carbonyl (C=O) groups excluding carboxylic acids is 2. The predicted molar refractivity (Wildman–Crippen MR) is 113 cm³/mol. The Balaban J connectivity index is 1.68. The van der Waals surface area contributed by atoms with Gasteiger partial charge in [-0.05, 0) is 48.4 Å². The van der Waals surface area contributed by atoms with Crippen molar-refractivity contribution in [3.05, 3.63) is 93.2 Å². The standard InChI is InChI=1S/C22H21FN4O3/c1-13-8-17(19(24)10-18(13)23)22(30)26-16-5-3-4-14(9-16)11-25-21(29)15-6-7-20(28)27(2)12-15/h3-10,12H,11,24H2,1-2H3,(H,25,29)(H,26,30). The van der Waals surface area contributed by atoms with Gasteiger partial charge in [-0.2, -0.15) is 0 Å². The van der Waals surface area contributed by atoms with E-state index >= 15 is 0 Å².